The highest BCUT2D eigenvalue weighted by Crippen LogP contribution is 2.27. The third kappa shape index (κ3) is 2.26. The molecule has 1 aromatic carbocycles. The molecule has 4 nitrogen and oxygen atoms in total. The highest BCUT2D eigenvalue weighted by atomic mass is 35.5. The summed E-state index contributed by atoms with van der Waals surface area (Å²) >= 11 is 6.06. The monoisotopic (exact) mass is 269 g/mol. The lowest BCUT2D eigenvalue weighted by molar-refractivity contribution is 0.291. The first kappa shape index (κ1) is 12.7. The quantitative estimate of drug-likeness (QED) is 0.872. The number of rotatable bonds is 3. The normalized spacial score (nSPS) is 10.7. The average Bonchev–Trinajstić information content (AvgIpc) is 2.54. The maximum absolute atomic E-state index is 13.5. The van der Waals surface area contributed by atoms with Crippen molar-refractivity contribution in [1.82, 2.24) is 9.78 Å². The minimum absolute atomic E-state index is 0.0387. The van der Waals surface area contributed by atoms with E-state index in [1.165, 1.54) is 12.1 Å². The number of para-hydroxylation sites is 1. The molecular formula is C12H13ClFN3O. The molecule has 2 aromatic rings. The lowest BCUT2D eigenvalue weighted by atomic mass is 10.2. The Morgan fingerprint density at radius 3 is 2.78 bits per heavy atom. The van der Waals surface area contributed by atoms with E-state index in [9.17, 15) is 4.39 Å². The van der Waals surface area contributed by atoms with E-state index < -0.39 is 5.82 Å². The zero-order chi connectivity index (χ0) is 13.3. The first-order valence-electron chi connectivity index (χ1n) is 5.35. The fourth-order valence-corrected chi connectivity index (χ4v) is 1.89. The Morgan fingerprint density at radius 1 is 1.50 bits per heavy atom. The molecule has 0 atom stereocenters. The fourth-order valence-electron chi connectivity index (χ4n) is 1.66. The molecule has 0 aliphatic heterocycles. The number of nitrogen functional groups attached to an aromatic ring is 1. The molecule has 0 unspecified atom stereocenters. The number of benzene rings is 1. The molecule has 0 saturated carbocycles. The van der Waals surface area contributed by atoms with Crippen LogP contribution in [0.25, 0.3) is 0 Å². The Labute approximate surface area is 109 Å². The van der Waals surface area contributed by atoms with Gasteiger partial charge < -0.3 is 10.5 Å². The van der Waals surface area contributed by atoms with Crippen LogP contribution in [0.3, 0.4) is 0 Å². The smallest absolute Gasteiger partial charge is 0.178 e. The van der Waals surface area contributed by atoms with E-state index in [1.807, 2.05) is 6.92 Å². The lowest BCUT2D eigenvalue weighted by Gasteiger charge is -2.09. The van der Waals surface area contributed by atoms with Crippen molar-refractivity contribution in [2.45, 2.75) is 13.5 Å². The molecule has 96 valence electrons. The standard InChI is InChI=1S/C12H13ClFN3O/c1-7-8(12(13)17(2)16-7)6-18-11-9(14)4-3-5-10(11)15/h3-5H,6,15H2,1-2H3. The van der Waals surface area contributed by atoms with Crippen LogP contribution in [0.4, 0.5) is 10.1 Å². The predicted octanol–water partition coefficient (Wildman–Crippen LogP) is 2.68. The number of aromatic nitrogens is 2. The number of aryl methyl sites for hydroxylation is 2. The first-order chi connectivity index (χ1) is 8.50. The van der Waals surface area contributed by atoms with E-state index in [2.05, 4.69) is 5.10 Å². The van der Waals surface area contributed by atoms with Gasteiger partial charge in [0.2, 0.25) is 0 Å². The number of nitrogens with two attached hydrogens (primary N) is 1. The third-order valence-corrected chi connectivity index (χ3v) is 3.10. The summed E-state index contributed by atoms with van der Waals surface area (Å²) in [6.45, 7) is 1.94. The summed E-state index contributed by atoms with van der Waals surface area (Å²) in [7, 11) is 1.73. The van der Waals surface area contributed by atoms with Crippen molar-refractivity contribution in [2.24, 2.45) is 7.05 Å². The summed E-state index contributed by atoms with van der Waals surface area (Å²) in [6.07, 6.45) is 0. The molecule has 0 spiro atoms. The molecule has 0 saturated heterocycles. The predicted molar refractivity (Wildman–Crippen MR) is 68.1 cm³/mol. The van der Waals surface area contributed by atoms with Gasteiger partial charge in [0, 0.05) is 12.6 Å². The van der Waals surface area contributed by atoms with Gasteiger partial charge in [-0.05, 0) is 19.1 Å². The minimum atomic E-state index is -0.493. The van der Waals surface area contributed by atoms with Crippen molar-refractivity contribution in [1.29, 1.82) is 0 Å². The third-order valence-electron chi connectivity index (χ3n) is 2.63. The number of ether oxygens (including phenoxy) is 1. The Hall–Kier alpha value is -1.75. The van der Waals surface area contributed by atoms with Crippen LogP contribution in [-0.2, 0) is 13.7 Å². The molecular weight excluding hydrogens is 257 g/mol. The zero-order valence-electron chi connectivity index (χ0n) is 10.1. The van der Waals surface area contributed by atoms with Crippen LogP contribution < -0.4 is 10.5 Å². The van der Waals surface area contributed by atoms with Crippen molar-refractivity contribution < 1.29 is 9.13 Å². The summed E-state index contributed by atoms with van der Waals surface area (Å²) < 4.78 is 20.4. The van der Waals surface area contributed by atoms with Crippen LogP contribution in [0.15, 0.2) is 18.2 Å². The topological polar surface area (TPSA) is 53.1 Å². The molecule has 0 amide bonds. The van der Waals surface area contributed by atoms with Crippen LogP contribution in [0.2, 0.25) is 5.15 Å². The van der Waals surface area contributed by atoms with E-state index >= 15 is 0 Å². The minimum Gasteiger partial charge on any atom is -0.483 e. The summed E-state index contributed by atoms with van der Waals surface area (Å²) in [5.41, 5.74) is 7.38. The molecule has 1 aromatic heterocycles. The summed E-state index contributed by atoms with van der Waals surface area (Å²) in [5, 5.41) is 4.62. The van der Waals surface area contributed by atoms with E-state index in [0.29, 0.717) is 5.15 Å². The van der Waals surface area contributed by atoms with E-state index in [1.54, 1.807) is 17.8 Å². The van der Waals surface area contributed by atoms with Crippen LogP contribution in [0, 0.1) is 12.7 Å². The number of anilines is 1. The molecule has 0 radical (unpaired) electrons. The summed E-state index contributed by atoms with van der Waals surface area (Å²) in [4.78, 5) is 0. The van der Waals surface area contributed by atoms with Gasteiger partial charge in [0.15, 0.2) is 11.6 Å². The van der Waals surface area contributed by atoms with Gasteiger partial charge in [-0.3, -0.25) is 4.68 Å². The van der Waals surface area contributed by atoms with Gasteiger partial charge in [0.1, 0.15) is 11.8 Å². The van der Waals surface area contributed by atoms with Crippen LogP contribution in [0.5, 0.6) is 5.75 Å². The SMILES string of the molecule is Cc1nn(C)c(Cl)c1COc1c(N)cccc1F. The van der Waals surface area contributed by atoms with Gasteiger partial charge in [-0.25, -0.2) is 4.39 Å². The van der Waals surface area contributed by atoms with E-state index in [4.69, 9.17) is 22.1 Å². The van der Waals surface area contributed by atoms with E-state index in [0.717, 1.165) is 11.3 Å². The molecule has 1 heterocycles. The number of halogens is 2. The maximum atomic E-state index is 13.5. The molecule has 0 fully saturated rings. The van der Waals surface area contributed by atoms with Gasteiger partial charge >= 0.3 is 0 Å². The lowest BCUT2D eigenvalue weighted by Crippen LogP contribution is -2.02. The Morgan fingerprint density at radius 2 is 2.22 bits per heavy atom. The van der Waals surface area contributed by atoms with Crippen LogP contribution >= 0.6 is 11.6 Å². The molecule has 2 N–H and O–H groups in total. The number of nitrogens with zero attached hydrogens (tertiary/aromatic N) is 2. The first-order valence-corrected chi connectivity index (χ1v) is 5.73. The molecule has 0 aliphatic rings. The summed E-state index contributed by atoms with van der Waals surface area (Å²) in [6, 6.07) is 4.40. The van der Waals surface area contributed by atoms with Gasteiger partial charge in [0.05, 0.1) is 11.4 Å². The number of hydrogen-bond donors (Lipinski definition) is 1. The maximum Gasteiger partial charge on any atom is 0.178 e. The Bertz CT molecular complexity index is 563. The second kappa shape index (κ2) is 4.86. The van der Waals surface area contributed by atoms with Crippen molar-refractivity contribution in [3.05, 3.63) is 40.4 Å². The Balaban J connectivity index is 2.22. The van der Waals surface area contributed by atoms with Crippen molar-refractivity contribution >= 4 is 17.3 Å². The van der Waals surface area contributed by atoms with Gasteiger partial charge in [-0.2, -0.15) is 5.10 Å². The van der Waals surface area contributed by atoms with Crippen molar-refractivity contribution in [3.8, 4) is 5.75 Å². The van der Waals surface area contributed by atoms with Gasteiger partial charge in [-0.1, -0.05) is 17.7 Å². The van der Waals surface area contributed by atoms with Crippen molar-refractivity contribution in [3.63, 3.8) is 0 Å². The van der Waals surface area contributed by atoms with Gasteiger partial charge in [-0.15, -0.1) is 0 Å². The van der Waals surface area contributed by atoms with Gasteiger partial charge in [0.25, 0.3) is 0 Å². The molecule has 6 heteroatoms. The summed E-state index contributed by atoms with van der Waals surface area (Å²) in [5.74, 6) is -0.454. The highest BCUT2D eigenvalue weighted by molar-refractivity contribution is 6.30. The van der Waals surface area contributed by atoms with Crippen molar-refractivity contribution in [2.75, 3.05) is 5.73 Å². The molecule has 0 bridgehead atoms. The molecule has 18 heavy (non-hydrogen) atoms. The second-order valence-corrected chi connectivity index (χ2v) is 4.28. The Kier molecular flexibility index (Phi) is 3.43. The molecule has 0 aliphatic carbocycles. The number of hydrogen-bond acceptors (Lipinski definition) is 3. The highest BCUT2D eigenvalue weighted by Gasteiger charge is 2.14. The van der Waals surface area contributed by atoms with Crippen LogP contribution in [-0.4, -0.2) is 9.78 Å². The fraction of sp³-hybridized carbons (Fsp3) is 0.250. The van der Waals surface area contributed by atoms with Crippen LogP contribution in [0.1, 0.15) is 11.3 Å². The second-order valence-electron chi connectivity index (χ2n) is 3.93. The largest absolute Gasteiger partial charge is 0.483 e. The zero-order valence-corrected chi connectivity index (χ0v) is 10.8. The molecule has 2 rings (SSSR count). The van der Waals surface area contributed by atoms with E-state index in [-0.39, 0.29) is 18.0 Å². The average molecular weight is 270 g/mol.